The molecule has 1 saturated heterocycles. The van der Waals surface area contributed by atoms with Gasteiger partial charge in [0.25, 0.3) is 0 Å². The maximum absolute atomic E-state index is 13.9. The van der Waals surface area contributed by atoms with E-state index in [2.05, 4.69) is 0 Å². The Labute approximate surface area is 131 Å². The van der Waals surface area contributed by atoms with Gasteiger partial charge in [-0.15, -0.1) is 0 Å². The molecule has 1 unspecified atom stereocenters. The van der Waals surface area contributed by atoms with Crippen LogP contribution in [-0.2, 0) is 19.4 Å². The third kappa shape index (κ3) is 3.38. The van der Waals surface area contributed by atoms with E-state index < -0.39 is 39.7 Å². The quantitative estimate of drug-likeness (QED) is 0.880. The number of carbonyl (C=O) groups excluding carboxylic acids is 1. The largest absolute Gasteiger partial charge is 0.479 e. The van der Waals surface area contributed by atoms with Crippen molar-refractivity contribution in [2.75, 3.05) is 18.8 Å². The maximum atomic E-state index is 13.9. The standard InChI is InChI=1S/C13H13ClFNO5S/c14-9-1-3-10(4-2-9)22(20,21)7-11(17)16-6-5-13(15,8-16)12(18)19/h1-4H,5-8H2,(H,18,19). The van der Waals surface area contributed by atoms with Gasteiger partial charge in [-0.3, -0.25) is 4.79 Å². The molecule has 0 saturated carbocycles. The molecule has 1 aliphatic rings. The van der Waals surface area contributed by atoms with Crippen molar-refractivity contribution in [3.63, 3.8) is 0 Å². The second-order valence-electron chi connectivity index (χ2n) is 5.05. The number of rotatable bonds is 4. The van der Waals surface area contributed by atoms with Gasteiger partial charge in [0.15, 0.2) is 9.84 Å². The normalized spacial score (nSPS) is 21.8. The van der Waals surface area contributed by atoms with Crippen LogP contribution in [0.3, 0.4) is 0 Å². The van der Waals surface area contributed by atoms with Gasteiger partial charge >= 0.3 is 5.97 Å². The molecular weight excluding hydrogens is 337 g/mol. The number of likely N-dealkylation sites (tertiary alicyclic amines) is 1. The molecule has 2 rings (SSSR count). The van der Waals surface area contributed by atoms with Crippen molar-refractivity contribution in [2.24, 2.45) is 0 Å². The molecule has 22 heavy (non-hydrogen) atoms. The molecule has 1 aromatic rings. The van der Waals surface area contributed by atoms with Crippen molar-refractivity contribution < 1.29 is 27.5 Å². The third-order valence-electron chi connectivity index (χ3n) is 3.44. The molecule has 1 amide bonds. The van der Waals surface area contributed by atoms with Crippen LogP contribution in [0.2, 0.25) is 5.02 Å². The Balaban J connectivity index is 2.09. The number of carboxylic acid groups (broad SMARTS) is 1. The van der Waals surface area contributed by atoms with Crippen LogP contribution < -0.4 is 0 Å². The fraction of sp³-hybridized carbons (Fsp3) is 0.385. The Morgan fingerprint density at radius 2 is 1.91 bits per heavy atom. The average Bonchev–Trinajstić information content (AvgIpc) is 2.83. The van der Waals surface area contributed by atoms with Crippen molar-refractivity contribution in [2.45, 2.75) is 17.0 Å². The molecule has 1 N–H and O–H groups in total. The highest BCUT2D eigenvalue weighted by Crippen LogP contribution is 2.26. The van der Waals surface area contributed by atoms with Crippen LogP contribution in [0.25, 0.3) is 0 Å². The Kier molecular flexibility index (Phi) is 4.44. The first-order valence-corrected chi connectivity index (χ1v) is 8.35. The molecule has 1 atom stereocenters. The van der Waals surface area contributed by atoms with E-state index in [0.717, 1.165) is 4.90 Å². The number of sulfone groups is 1. The second kappa shape index (κ2) is 5.85. The van der Waals surface area contributed by atoms with Gasteiger partial charge in [0.2, 0.25) is 11.6 Å². The minimum atomic E-state index is -3.89. The van der Waals surface area contributed by atoms with E-state index in [1.54, 1.807) is 0 Å². The number of carboxylic acids is 1. The molecule has 9 heteroatoms. The molecular formula is C13H13ClFNO5S. The summed E-state index contributed by atoms with van der Waals surface area (Å²) in [5.41, 5.74) is -2.51. The van der Waals surface area contributed by atoms with E-state index >= 15 is 0 Å². The molecule has 1 aliphatic heterocycles. The molecule has 0 aliphatic carbocycles. The number of carbonyl (C=O) groups is 2. The molecule has 0 aromatic heterocycles. The average molecular weight is 350 g/mol. The van der Waals surface area contributed by atoms with E-state index in [9.17, 15) is 22.4 Å². The van der Waals surface area contributed by atoms with Crippen LogP contribution in [0.15, 0.2) is 29.2 Å². The van der Waals surface area contributed by atoms with Crippen molar-refractivity contribution in [3.05, 3.63) is 29.3 Å². The van der Waals surface area contributed by atoms with Gasteiger partial charge in [-0.1, -0.05) is 11.6 Å². The lowest BCUT2D eigenvalue weighted by Crippen LogP contribution is -2.40. The zero-order valence-corrected chi connectivity index (χ0v) is 12.9. The first kappa shape index (κ1) is 16.7. The topological polar surface area (TPSA) is 91.8 Å². The Morgan fingerprint density at radius 1 is 1.32 bits per heavy atom. The van der Waals surface area contributed by atoms with E-state index in [1.807, 2.05) is 0 Å². The predicted octanol–water partition coefficient (Wildman–Crippen LogP) is 1.14. The van der Waals surface area contributed by atoms with Crippen molar-refractivity contribution >= 4 is 33.3 Å². The molecule has 0 radical (unpaired) electrons. The number of aliphatic carboxylic acids is 1. The Morgan fingerprint density at radius 3 is 2.41 bits per heavy atom. The number of nitrogens with zero attached hydrogens (tertiary/aromatic N) is 1. The lowest BCUT2D eigenvalue weighted by Gasteiger charge is -2.17. The fourth-order valence-corrected chi connectivity index (χ4v) is 3.49. The van der Waals surface area contributed by atoms with Gasteiger partial charge in [0.05, 0.1) is 11.4 Å². The van der Waals surface area contributed by atoms with Gasteiger partial charge in [0, 0.05) is 18.0 Å². The van der Waals surface area contributed by atoms with Crippen molar-refractivity contribution in [1.29, 1.82) is 0 Å². The smallest absolute Gasteiger partial charge is 0.343 e. The molecule has 6 nitrogen and oxygen atoms in total. The van der Waals surface area contributed by atoms with E-state index in [1.165, 1.54) is 24.3 Å². The summed E-state index contributed by atoms with van der Waals surface area (Å²) in [5, 5.41) is 9.12. The molecule has 1 heterocycles. The number of hydrogen-bond donors (Lipinski definition) is 1. The van der Waals surface area contributed by atoms with Crippen LogP contribution in [0.1, 0.15) is 6.42 Å². The molecule has 1 fully saturated rings. The van der Waals surface area contributed by atoms with Crippen LogP contribution in [0.4, 0.5) is 4.39 Å². The summed E-state index contributed by atoms with van der Waals surface area (Å²) >= 11 is 5.66. The monoisotopic (exact) mass is 349 g/mol. The minimum absolute atomic E-state index is 0.0748. The van der Waals surface area contributed by atoms with Crippen molar-refractivity contribution in [1.82, 2.24) is 4.90 Å². The predicted molar refractivity (Wildman–Crippen MR) is 76.2 cm³/mol. The maximum Gasteiger partial charge on any atom is 0.343 e. The summed E-state index contributed by atoms with van der Waals surface area (Å²) in [7, 11) is -3.89. The molecule has 0 bridgehead atoms. The number of alkyl halides is 1. The Hall–Kier alpha value is -1.67. The summed E-state index contributed by atoms with van der Waals surface area (Å²) in [4.78, 5) is 23.6. The van der Waals surface area contributed by atoms with Crippen LogP contribution >= 0.6 is 11.6 Å². The lowest BCUT2D eigenvalue weighted by molar-refractivity contribution is -0.150. The summed E-state index contributed by atoms with van der Waals surface area (Å²) < 4.78 is 38.1. The molecule has 0 spiro atoms. The van der Waals surface area contributed by atoms with E-state index in [-0.39, 0.29) is 17.9 Å². The lowest BCUT2D eigenvalue weighted by atomic mass is 10.1. The number of halogens is 2. The SMILES string of the molecule is O=C(CS(=O)(=O)c1ccc(Cl)cc1)N1CCC(F)(C(=O)O)C1. The number of amides is 1. The first-order valence-electron chi connectivity index (χ1n) is 6.32. The first-order chi connectivity index (χ1) is 10.1. The summed E-state index contributed by atoms with van der Waals surface area (Å²) in [6.07, 6.45) is -0.352. The van der Waals surface area contributed by atoms with E-state index in [0.29, 0.717) is 5.02 Å². The van der Waals surface area contributed by atoms with Gasteiger partial charge in [0.1, 0.15) is 5.75 Å². The highest BCUT2D eigenvalue weighted by molar-refractivity contribution is 7.92. The summed E-state index contributed by atoms with van der Waals surface area (Å²) in [6.45, 7) is -0.769. The third-order valence-corrected chi connectivity index (χ3v) is 5.31. The van der Waals surface area contributed by atoms with Crippen LogP contribution in [0, 0.1) is 0 Å². The van der Waals surface area contributed by atoms with Gasteiger partial charge in [-0.2, -0.15) is 0 Å². The minimum Gasteiger partial charge on any atom is -0.479 e. The second-order valence-corrected chi connectivity index (χ2v) is 7.47. The zero-order valence-electron chi connectivity index (χ0n) is 11.3. The highest BCUT2D eigenvalue weighted by Gasteiger charge is 2.47. The molecule has 1 aromatic carbocycles. The van der Waals surface area contributed by atoms with Crippen LogP contribution in [0.5, 0.6) is 0 Å². The van der Waals surface area contributed by atoms with Gasteiger partial charge in [-0.05, 0) is 24.3 Å². The summed E-state index contributed by atoms with van der Waals surface area (Å²) in [6, 6.07) is 5.30. The fourth-order valence-electron chi connectivity index (χ4n) is 2.14. The number of benzene rings is 1. The van der Waals surface area contributed by atoms with Crippen molar-refractivity contribution in [3.8, 4) is 0 Å². The van der Waals surface area contributed by atoms with Crippen LogP contribution in [-0.4, -0.2) is 54.8 Å². The Bertz CT molecular complexity index is 706. The zero-order chi connectivity index (χ0) is 16.5. The molecule has 120 valence electrons. The van der Waals surface area contributed by atoms with E-state index in [4.69, 9.17) is 16.7 Å². The van der Waals surface area contributed by atoms with Gasteiger partial charge < -0.3 is 10.0 Å². The summed E-state index contributed by atoms with van der Waals surface area (Å²) in [5.74, 6) is -3.32. The highest BCUT2D eigenvalue weighted by atomic mass is 35.5. The van der Waals surface area contributed by atoms with Gasteiger partial charge in [-0.25, -0.2) is 17.6 Å². The number of hydrogen-bond acceptors (Lipinski definition) is 4.